The third-order valence-electron chi connectivity index (χ3n) is 1.70. The molecule has 4 heteroatoms. The number of ether oxygens (including phenoxy) is 1. The fourth-order valence-electron chi connectivity index (χ4n) is 0.895. The second kappa shape index (κ2) is 5.24. The van der Waals surface area contributed by atoms with Gasteiger partial charge in [-0.25, -0.2) is 0 Å². The summed E-state index contributed by atoms with van der Waals surface area (Å²) in [7, 11) is 0. The Balaban J connectivity index is 2.26. The van der Waals surface area contributed by atoms with Gasteiger partial charge in [0.2, 0.25) is 0 Å². The first-order valence-electron chi connectivity index (χ1n) is 4.27. The molecule has 75 valence electrons. The highest BCUT2D eigenvalue weighted by atomic mass is 16.5. The fourth-order valence-corrected chi connectivity index (χ4v) is 0.895. The zero-order valence-corrected chi connectivity index (χ0v) is 7.64. The second-order valence-electron chi connectivity index (χ2n) is 2.82. The van der Waals surface area contributed by atoms with Gasteiger partial charge >= 0.3 is 5.97 Å². The Kier molecular flexibility index (Phi) is 3.94. The van der Waals surface area contributed by atoms with Crippen molar-refractivity contribution < 1.29 is 14.6 Å². The van der Waals surface area contributed by atoms with Gasteiger partial charge in [-0.05, 0) is 18.2 Å². The number of aliphatic carboxylic acids is 1. The predicted octanol–water partition coefficient (Wildman–Crippen LogP) is 0.668. The first-order valence-corrected chi connectivity index (χ1v) is 4.27. The lowest BCUT2D eigenvalue weighted by Gasteiger charge is -2.07. The topological polar surface area (TPSA) is 72.5 Å². The molecular weight excluding hydrogens is 182 g/mol. The number of carboxylic acids is 1. The van der Waals surface area contributed by atoms with Crippen LogP contribution in [0.1, 0.15) is 6.42 Å². The van der Waals surface area contributed by atoms with Crippen LogP contribution in [-0.4, -0.2) is 23.7 Å². The van der Waals surface area contributed by atoms with E-state index in [9.17, 15) is 4.79 Å². The zero-order valence-electron chi connectivity index (χ0n) is 7.64. The first kappa shape index (κ1) is 10.5. The molecule has 1 unspecified atom stereocenters. The number of benzene rings is 1. The Morgan fingerprint density at radius 2 is 2.21 bits per heavy atom. The summed E-state index contributed by atoms with van der Waals surface area (Å²) in [5.74, 6) is -0.309. The quantitative estimate of drug-likeness (QED) is 0.722. The molecule has 0 aliphatic heterocycles. The summed E-state index contributed by atoms with van der Waals surface area (Å²) in [5, 5.41) is 8.49. The monoisotopic (exact) mass is 194 g/mol. The number of rotatable bonds is 5. The van der Waals surface area contributed by atoms with E-state index in [1.807, 2.05) is 0 Å². The zero-order chi connectivity index (χ0) is 10.4. The summed E-state index contributed by atoms with van der Waals surface area (Å²) in [6.07, 6.45) is 0.300. The van der Waals surface area contributed by atoms with E-state index < -0.39 is 12.0 Å². The van der Waals surface area contributed by atoms with E-state index in [1.165, 1.54) is 0 Å². The smallest absolute Gasteiger partial charge is 0.320 e. The SMILES string of the molecule is NC(CCOc1cc[c]cc1)C(=O)O. The lowest BCUT2D eigenvalue weighted by molar-refractivity contribution is -0.138. The lowest BCUT2D eigenvalue weighted by Crippen LogP contribution is -2.31. The predicted molar refractivity (Wildman–Crippen MR) is 51.0 cm³/mol. The minimum atomic E-state index is -1.00. The highest BCUT2D eigenvalue weighted by Crippen LogP contribution is 2.08. The number of hydrogen-bond donors (Lipinski definition) is 2. The van der Waals surface area contributed by atoms with Crippen molar-refractivity contribution in [3.8, 4) is 5.75 Å². The van der Waals surface area contributed by atoms with Gasteiger partial charge in [0.25, 0.3) is 0 Å². The van der Waals surface area contributed by atoms with Crippen LogP contribution in [0.5, 0.6) is 5.75 Å². The van der Waals surface area contributed by atoms with Gasteiger partial charge in [-0.3, -0.25) is 4.79 Å². The maximum atomic E-state index is 10.4. The molecule has 0 bridgehead atoms. The molecule has 1 rings (SSSR count). The Morgan fingerprint density at radius 3 is 2.79 bits per heavy atom. The number of hydrogen-bond acceptors (Lipinski definition) is 3. The van der Waals surface area contributed by atoms with Crippen molar-refractivity contribution in [2.45, 2.75) is 12.5 Å². The van der Waals surface area contributed by atoms with Crippen LogP contribution in [0.3, 0.4) is 0 Å². The molecular formula is C10H12NO3. The van der Waals surface area contributed by atoms with Crippen molar-refractivity contribution >= 4 is 5.97 Å². The molecule has 0 aromatic heterocycles. The van der Waals surface area contributed by atoms with Crippen LogP contribution in [0.2, 0.25) is 0 Å². The van der Waals surface area contributed by atoms with Crippen molar-refractivity contribution in [3.63, 3.8) is 0 Å². The molecule has 0 amide bonds. The van der Waals surface area contributed by atoms with Gasteiger partial charge in [0.05, 0.1) is 6.61 Å². The summed E-state index contributed by atoms with van der Waals surface area (Å²) in [6, 6.07) is 8.96. The fraction of sp³-hybridized carbons (Fsp3) is 0.300. The van der Waals surface area contributed by atoms with E-state index in [0.717, 1.165) is 0 Å². The molecule has 0 aliphatic rings. The van der Waals surface area contributed by atoms with Crippen LogP contribution in [0.25, 0.3) is 0 Å². The maximum absolute atomic E-state index is 10.4. The number of nitrogens with two attached hydrogens (primary N) is 1. The van der Waals surface area contributed by atoms with Gasteiger partial charge in [0.15, 0.2) is 0 Å². The lowest BCUT2D eigenvalue weighted by atomic mass is 10.2. The molecule has 1 aromatic carbocycles. The standard InChI is InChI=1S/C10H12NO3/c11-9(10(12)13)6-7-14-8-4-2-1-3-5-8/h2-5,9H,6-7,11H2,(H,12,13). The van der Waals surface area contributed by atoms with E-state index in [0.29, 0.717) is 18.8 Å². The largest absolute Gasteiger partial charge is 0.494 e. The minimum Gasteiger partial charge on any atom is -0.494 e. The Labute approximate surface area is 82.3 Å². The highest BCUT2D eigenvalue weighted by Gasteiger charge is 2.10. The van der Waals surface area contributed by atoms with Crippen LogP contribution in [0.15, 0.2) is 24.3 Å². The summed E-state index contributed by atoms with van der Waals surface area (Å²) >= 11 is 0. The second-order valence-corrected chi connectivity index (χ2v) is 2.82. The van der Waals surface area contributed by atoms with Crippen LogP contribution in [0.4, 0.5) is 0 Å². The van der Waals surface area contributed by atoms with E-state index in [4.69, 9.17) is 15.6 Å². The average Bonchev–Trinajstić information content (AvgIpc) is 2.19. The normalized spacial score (nSPS) is 12.1. The van der Waals surface area contributed by atoms with Crippen molar-refractivity contribution in [1.82, 2.24) is 0 Å². The first-order chi connectivity index (χ1) is 6.70. The van der Waals surface area contributed by atoms with Crippen molar-refractivity contribution in [2.75, 3.05) is 6.61 Å². The third-order valence-corrected chi connectivity index (χ3v) is 1.70. The molecule has 4 nitrogen and oxygen atoms in total. The molecule has 0 heterocycles. The van der Waals surface area contributed by atoms with Gasteiger partial charge in [0, 0.05) is 6.42 Å². The summed E-state index contributed by atoms with van der Waals surface area (Å²) in [6.45, 7) is 0.303. The molecule has 0 fully saturated rings. The molecule has 0 spiro atoms. The van der Waals surface area contributed by atoms with Crippen LogP contribution >= 0.6 is 0 Å². The van der Waals surface area contributed by atoms with Crippen molar-refractivity contribution in [1.29, 1.82) is 0 Å². The molecule has 14 heavy (non-hydrogen) atoms. The van der Waals surface area contributed by atoms with Gasteiger partial charge in [-0.2, -0.15) is 0 Å². The van der Waals surface area contributed by atoms with E-state index in [2.05, 4.69) is 6.07 Å². The van der Waals surface area contributed by atoms with Crippen LogP contribution < -0.4 is 10.5 Å². The van der Waals surface area contributed by atoms with Crippen LogP contribution in [-0.2, 0) is 4.79 Å². The minimum absolute atomic E-state index is 0.300. The molecule has 1 aromatic rings. The molecule has 0 saturated heterocycles. The van der Waals surface area contributed by atoms with E-state index in [1.54, 1.807) is 24.3 Å². The summed E-state index contributed by atoms with van der Waals surface area (Å²) in [5.41, 5.74) is 5.29. The van der Waals surface area contributed by atoms with Crippen LogP contribution in [0, 0.1) is 6.07 Å². The van der Waals surface area contributed by atoms with Gasteiger partial charge in [0.1, 0.15) is 11.8 Å². The molecule has 1 atom stereocenters. The van der Waals surface area contributed by atoms with Crippen molar-refractivity contribution in [3.05, 3.63) is 30.3 Å². The van der Waals surface area contributed by atoms with Crippen molar-refractivity contribution in [2.24, 2.45) is 5.73 Å². The average molecular weight is 194 g/mol. The van der Waals surface area contributed by atoms with E-state index in [-0.39, 0.29) is 0 Å². The Bertz CT molecular complexity index is 287. The number of carbonyl (C=O) groups is 1. The highest BCUT2D eigenvalue weighted by molar-refractivity contribution is 5.72. The number of carboxylic acid groups (broad SMARTS) is 1. The Morgan fingerprint density at radius 1 is 1.57 bits per heavy atom. The van der Waals surface area contributed by atoms with E-state index >= 15 is 0 Å². The Hall–Kier alpha value is -1.55. The molecule has 3 N–H and O–H groups in total. The maximum Gasteiger partial charge on any atom is 0.320 e. The third kappa shape index (κ3) is 3.45. The van der Waals surface area contributed by atoms with Gasteiger partial charge < -0.3 is 15.6 Å². The molecule has 1 radical (unpaired) electrons. The molecule has 0 aliphatic carbocycles. The van der Waals surface area contributed by atoms with Gasteiger partial charge in [-0.15, -0.1) is 0 Å². The summed E-state index contributed by atoms with van der Waals surface area (Å²) < 4.78 is 5.26. The molecule has 0 saturated carbocycles. The summed E-state index contributed by atoms with van der Waals surface area (Å²) in [4.78, 5) is 10.4. The van der Waals surface area contributed by atoms with Gasteiger partial charge in [-0.1, -0.05) is 12.1 Å².